The highest BCUT2D eigenvalue weighted by atomic mass is 32.2. The van der Waals surface area contributed by atoms with Crippen molar-refractivity contribution in [2.45, 2.75) is 32.5 Å². The Bertz CT molecular complexity index is 1200. The Kier molecular flexibility index (Phi) is 8.59. The Morgan fingerprint density at radius 3 is 2.50 bits per heavy atom. The highest BCUT2D eigenvalue weighted by Crippen LogP contribution is 2.31. The lowest BCUT2D eigenvalue weighted by Gasteiger charge is -2.38. The van der Waals surface area contributed by atoms with Crippen LogP contribution in [0.4, 0.5) is 5.69 Å². The van der Waals surface area contributed by atoms with E-state index in [0.717, 1.165) is 11.8 Å². The van der Waals surface area contributed by atoms with Gasteiger partial charge in [0.2, 0.25) is 10.0 Å². The molecule has 0 radical (unpaired) electrons. The summed E-state index contributed by atoms with van der Waals surface area (Å²) in [5, 5.41) is 18.9. The highest BCUT2D eigenvalue weighted by Gasteiger charge is 2.33. The number of fused-ring (bicyclic) bond motifs is 1. The molecular formula is C25H33N3O7S. The van der Waals surface area contributed by atoms with Gasteiger partial charge in [-0.2, -0.15) is 0 Å². The molecule has 2 aromatic rings. The molecule has 0 saturated heterocycles. The van der Waals surface area contributed by atoms with E-state index in [4.69, 9.17) is 9.84 Å². The molecule has 3 rings (SSSR count). The Labute approximate surface area is 211 Å². The van der Waals surface area contributed by atoms with Crippen LogP contribution in [0.1, 0.15) is 40.1 Å². The lowest BCUT2D eigenvalue weighted by molar-refractivity contribution is 0.0341. The van der Waals surface area contributed by atoms with Crippen LogP contribution in [-0.4, -0.2) is 85.5 Å². The molecule has 0 aliphatic carbocycles. The lowest BCUT2D eigenvalue weighted by Crippen LogP contribution is -2.49. The Balaban J connectivity index is 1.87. The highest BCUT2D eigenvalue weighted by molar-refractivity contribution is 7.92. The number of nitrogens with one attached hydrogen (secondary N) is 1. The van der Waals surface area contributed by atoms with E-state index < -0.39 is 22.0 Å². The smallest absolute Gasteiger partial charge is 0.335 e. The average molecular weight is 520 g/mol. The lowest BCUT2D eigenvalue weighted by atomic mass is 9.99. The summed E-state index contributed by atoms with van der Waals surface area (Å²) in [4.78, 5) is 28.1. The number of anilines is 1. The average Bonchev–Trinajstić information content (AvgIpc) is 2.80. The van der Waals surface area contributed by atoms with Crippen molar-refractivity contribution in [3.05, 3.63) is 59.2 Å². The number of carbonyl (C=O) groups excluding carboxylic acids is 1. The fraction of sp³-hybridized carbons (Fsp3) is 0.440. The van der Waals surface area contributed by atoms with Gasteiger partial charge in [0.1, 0.15) is 11.9 Å². The van der Waals surface area contributed by atoms with Crippen LogP contribution in [0.25, 0.3) is 0 Å². The second-order valence-corrected chi connectivity index (χ2v) is 11.2. The molecule has 1 heterocycles. The maximum atomic E-state index is 13.4. The van der Waals surface area contributed by atoms with E-state index in [2.05, 4.69) is 9.62 Å². The van der Waals surface area contributed by atoms with E-state index in [1.807, 2.05) is 14.0 Å². The maximum Gasteiger partial charge on any atom is 0.335 e. The number of likely N-dealkylation sites (N-methyl/N-ethyl adjacent to an activating group) is 1. The molecule has 2 aromatic carbocycles. The molecule has 0 bridgehead atoms. The largest absolute Gasteiger partial charge is 0.488 e. The van der Waals surface area contributed by atoms with Gasteiger partial charge < -0.3 is 19.8 Å². The number of aliphatic hydroxyl groups excluding tert-OH is 1. The molecule has 36 heavy (non-hydrogen) atoms. The van der Waals surface area contributed by atoms with Crippen molar-refractivity contribution >= 4 is 27.6 Å². The molecule has 1 aliphatic heterocycles. The monoisotopic (exact) mass is 519 g/mol. The Hall–Kier alpha value is -3.15. The number of sulfonamides is 1. The van der Waals surface area contributed by atoms with Gasteiger partial charge in [0.05, 0.1) is 30.0 Å². The molecule has 0 spiro atoms. The molecule has 0 unspecified atom stereocenters. The molecule has 1 aliphatic rings. The van der Waals surface area contributed by atoms with Crippen LogP contribution < -0.4 is 9.46 Å². The predicted octanol–water partition coefficient (Wildman–Crippen LogP) is 2.11. The van der Waals surface area contributed by atoms with Crippen LogP contribution >= 0.6 is 0 Å². The molecule has 0 fully saturated rings. The molecule has 0 saturated carbocycles. The van der Waals surface area contributed by atoms with Crippen LogP contribution in [0.5, 0.6) is 5.75 Å². The summed E-state index contributed by atoms with van der Waals surface area (Å²) in [6.45, 7) is 4.94. The number of rotatable bonds is 9. The number of aromatic carboxylic acids is 1. The van der Waals surface area contributed by atoms with Gasteiger partial charge in [-0.05, 0) is 49.9 Å². The SMILES string of the molecule is C[C@H]1CN([C@@H](C)CO)C(=O)c2cc(NS(C)(=O)=O)ccc2O[C@H]1CN(C)Cc1ccc(C(=O)O)cc1. The number of amides is 1. The van der Waals surface area contributed by atoms with Crippen molar-refractivity contribution in [3.8, 4) is 5.75 Å². The first-order chi connectivity index (χ1) is 16.9. The molecule has 11 heteroatoms. The molecule has 10 nitrogen and oxygen atoms in total. The van der Waals surface area contributed by atoms with Crippen molar-refractivity contribution < 1.29 is 33.0 Å². The Morgan fingerprint density at radius 2 is 1.92 bits per heavy atom. The van der Waals surface area contributed by atoms with Crippen molar-refractivity contribution in [2.24, 2.45) is 5.92 Å². The number of carboxylic acid groups (broad SMARTS) is 1. The van der Waals surface area contributed by atoms with Gasteiger partial charge >= 0.3 is 5.97 Å². The van der Waals surface area contributed by atoms with Gasteiger partial charge in [-0.3, -0.25) is 14.4 Å². The minimum absolute atomic E-state index is 0.0817. The number of hydrogen-bond acceptors (Lipinski definition) is 7. The van der Waals surface area contributed by atoms with Gasteiger partial charge in [-0.25, -0.2) is 13.2 Å². The molecule has 3 N–H and O–H groups in total. The number of nitrogens with zero attached hydrogens (tertiary/aromatic N) is 2. The number of ether oxygens (including phenoxy) is 1. The van der Waals surface area contributed by atoms with E-state index in [1.54, 1.807) is 48.2 Å². The van der Waals surface area contributed by atoms with E-state index >= 15 is 0 Å². The van der Waals surface area contributed by atoms with Crippen LogP contribution in [-0.2, 0) is 16.6 Å². The number of carboxylic acids is 1. The van der Waals surface area contributed by atoms with Crippen LogP contribution in [0.15, 0.2) is 42.5 Å². The molecular weight excluding hydrogens is 486 g/mol. The number of benzene rings is 2. The van der Waals surface area contributed by atoms with E-state index in [0.29, 0.717) is 25.4 Å². The van der Waals surface area contributed by atoms with Gasteiger partial charge in [0.15, 0.2) is 0 Å². The van der Waals surface area contributed by atoms with E-state index in [1.165, 1.54) is 6.07 Å². The van der Waals surface area contributed by atoms with Gasteiger partial charge in [-0.15, -0.1) is 0 Å². The summed E-state index contributed by atoms with van der Waals surface area (Å²) in [7, 11) is -1.61. The predicted molar refractivity (Wildman–Crippen MR) is 136 cm³/mol. The molecule has 1 amide bonds. The minimum atomic E-state index is -3.54. The van der Waals surface area contributed by atoms with Crippen molar-refractivity contribution in [1.82, 2.24) is 9.80 Å². The fourth-order valence-electron chi connectivity index (χ4n) is 4.15. The summed E-state index contributed by atoms with van der Waals surface area (Å²) < 4.78 is 32.1. The quantitative estimate of drug-likeness (QED) is 0.458. The normalized spacial score (nSPS) is 19.2. The van der Waals surface area contributed by atoms with E-state index in [9.17, 15) is 23.1 Å². The zero-order chi connectivity index (χ0) is 26.6. The second-order valence-electron chi connectivity index (χ2n) is 9.41. The van der Waals surface area contributed by atoms with Crippen molar-refractivity contribution in [1.29, 1.82) is 0 Å². The van der Waals surface area contributed by atoms with Gasteiger partial charge in [0.25, 0.3) is 5.91 Å². The standard InChI is InChI=1S/C25H33N3O7S/c1-16-12-28(17(2)15-29)24(30)21-11-20(26-36(4,33)34)9-10-22(21)35-23(16)14-27(3)13-18-5-7-19(8-6-18)25(31)32/h5-11,16-17,23,26,29H,12-15H2,1-4H3,(H,31,32)/t16-,17-,23-/m0/s1. The van der Waals surface area contributed by atoms with Gasteiger partial charge in [-0.1, -0.05) is 19.1 Å². The van der Waals surface area contributed by atoms with Crippen molar-refractivity contribution in [3.63, 3.8) is 0 Å². The first-order valence-electron chi connectivity index (χ1n) is 11.6. The topological polar surface area (TPSA) is 136 Å². The zero-order valence-corrected chi connectivity index (χ0v) is 21.7. The van der Waals surface area contributed by atoms with E-state index in [-0.39, 0.29) is 41.4 Å². The second kappa shape index (κ2) is 11.3. The summed E-state index contributed by atoms with van der Waals surface area (Å²) in [6, 6.07) is 10.8. The summed E-state index contributed by atoms with van der Waals surface area (Å²) in [6.07, 6.45) is 0.715. The summed E-state index contributed by atoms with van der Waals surface area (Å²) >= 11 is 0. The number of carbonyl (C=O) groups is 2. The van der Waals surface area contributed by atoms with Crippen molar-refractivity contribution in [2.75, 3.05) is 37.7 Å². The molecule has 3 atom stereocenters. The third-order valence-corrected chi connectivity index (χ3v) is 6.72. The van der Waals surface area contributed by atoms with Gasteiger partial charge in [0, 0.05) is 31.2 Å². The first-order valence-corrected chi connectivity index (χ1v) is 13.5. The molecule has 196 valence electrons. The molecule has 0 aromatic heterocycles. The zero-order valence-electron chi connectivity index (χ0n) is 20.8. The van der Waals surface area contributed by atoms with Crippen LogP contribution in [0.2, 0.25) is 0 Å². The third kappa shape index (κ3) is 6.96. The Morgan fingerprint density at radius 1 is 1.25 bits per heavy atom. The number of aliphatic hydroxyl groups is 1. The number of hydrogen-bond donors (Lipinski definition) is 3. The van der Waals surface area contributed by atoms with Crippen LogP contribution in [0.3, 0.4) is 0 Å². The first kappa shape index (κ1) is 27.4. The fourth-order valence-corrected chi connectivity index (χ4v) is 4.71. The maximum absolute atomic E-state index is 13.4. The third-order valence-electron chi connectivity index (χ3n) is 6.11. The van der Waals surface area contributed by atoms with Crippen LogP contribution in [0, 0.1) is 5.92 Å². The minimum Gasteiger partial charge on any atom is -0.488 e. The summed E-state index contributed by atoms with van der Waals surface area (Å²) in [5.74, 6) is -1.07. The summed E-state index contributed by atoms with van der Waals surface area (Å²) in [5.41, 5.74) is 1.63.